The number of carbonyl (C=O) groups is 1. The predicted octanol–water partition coefficient (Wildman–Crippen LogP) is 7.34. The third-order valence-corrected chi connectivity index (χ3v) is 7.15. The van der Waals surface area contributed by atoms with E-state index in [0.717, 1.165) is 10.5 Å². The summed E-state index contributed by atoms with van der Waals surface area (Å²) in [5.41, 5.74) is 2.72. The zero-order chi connectivity index (χ0) is 26.1. The lowest BCUT2D eigenvalue weighted by atomic mass is 10.1. The first-order valence-electron chi connectivity index (χ1n) is 10.8. The van der Waals surface area contributed by atoms with E-state index >= 15 is 0 Å². The smallest absolute Gasteiger partial charge is 0.272 e. The van der Waals surface area contributed by atoms with Gasteiger partial charge in [-0.25, -0.2) is 4.98 Å². The van der Waals surface area contributed by atoms with Crippen LogP contribution >= 0.6 is 50.9 Å². The summed E-state index contributed by atoms with van der Waals surface area (Å²) < 4.78 is 8.33. The van der Waals surface area contributed by atoms with Gasteiger partial charge in [-0.05, 0) is 71.1 Å². The van der Waals surface area contributed by atoms with Gasteiger partial charge in [-0.2, -0.15) is 0 Å². The van der Waals surface area contributed by atoms with Gasteiger partial charge < -0.3 is 9.73 Å². The van der Waals surface area contributed by atoms with E-state index < -0.39 is 5.91 Å². The van der Waals surface area contributed by atoms with Crippen LogP contribution in [0, 0.1) is 6.92 Å². The van der Waals surface area contributed by atoms with E-state index in [-0.39, 0.29) is 5.89 Å². The molecule has 0 fully saturated rings. The van der Waals surface area contributed by atoms with Gasteiger partial charge in [-0.15, -0.1) is 22.0 Å². The van der Waals surface area contributed by atoms with Crippen molar-refractivity contribution in [3.05, 3.63) is 87.0 Å². The van der Waals surface area contributed by atoms with E-state index in [1.807, 2.05) is 19.2 Å². The minimum Gasteiger partial charge on any atom is -0.416 e. The van der Waals surface area contributed by atoms with Crippen LogP contribution in [0.2, 0.25) is 10.0 Å². The Bertz CT molecular complexity index is 1640. The first kappa shape index (κ1) is 25.5. The van der Waals surface area contributed by atoms with E-state index in [1.54, 1.807) is 71.4 Å². The molecule has 0 aliphatic carbocycles. The van der Waals surface area contributed by atoms with Crippen LogP contribution in [-0.2, 0) is 0 Å². The van der Waals surface area contributed by atoms with Gasteiger partial charge in [-0.3, -0.25) is 14.3 Å². The number of benzene rings is 1. The van der Waals surface area contributed by atoms with Crippen molar-refractivity contribution in [2.45, 2.75) is 11.8 Å². The van der Waals surface area contributed by atoms with Crippen LogP contribution in [0.15, 0.2) is 75.0 Å². The fraction of sp³-hybridized carbons (Fsp3) is 0.0800. The molecule has 0 spiro atoms. The lowest BCUT2D eigenvalue weighted by Gasteiger charge is -2.14. The van der Waals surface area contributed by atoms with Crippen molar-refractivity contribution in [1.29, 1.82) is 0 Å². The Labute approximate surface area is 234 Å². The summed E-state index contributed by atoms with van der Waals surface area (Å²) >= 11 is 17.7. The van der Waals surface area contributed by atoms with Crippen molar-refractivity contribution in [3.63, 3.8) is 0 Å². The lowest BCUT2D eigenvalue weighted by Crippen LogP contribution is -2.18. The number of carbonyl (C=O) groups excluding carboxylic acids is 1. The number of rotatable bonds is 6. The number of halogens is 3. The number of hydrogen-bond acceptors (Lipinski definition) is 7. The first-order chi connectivity index (χ1) is 17.9. The molecule has 0 radical (unpaired) electrons. The van der Waals surface area contributed by atoms with Crippen LogP contribution in [-0.4, -0.2) is 36.9 Å². The SMILES string of the molecule is CSc1ccncc1-c1nnc(-c2cc(Cl)cc(C)c2NC(=O)c2cc(Br)cn2-c2ncccc2Cl)o1. The number of aryl methyl sites for hydroxylation is 1. The third-order valence-electron chi connectivity index (χ3n) is 5.41. The highest BCUT2D eigenvalue weighted by atomic mass is 79.9. The van der Waals surface area contributed by atoms with Gasteiger partial charge in [0.15, 0.2) is 5.82 Å². The minimum atomic E-state index is -0.393. The van der Waals surface area contributed by atoms with Crippen molar-refractivity contribution in [2.75, 3.05) is 11.6 Å². The maximum Gasteiger partial charge on any atom is 0.272 e. The lowest BCUT2D eigenvalue weighted by molar-refractivity contribution is 0.102. The van der Waals surface area contributed by atoms with Crippen molar-refractivity contribution >= 4 is 62.5 Å². The topological polar surface area (TPSA) is 98.7 Å². The molecule has 12 heteroatoms. The molecule has 0 atom stereocenters. The van der Waals surface area contributed by atoms with Gasteiger partial charge in [0.1, 0.15) is 5.69 Å². The number of pyridine rings is 2. The fourth-order valence-electron chi connectivity index (χ4n) is 3.75. The van der Waals surface area contributed by atoms with Crippen LogP contribution in [0.25, 0.3) is 28.7 Å². The van der Waals surface area contributed by atoms with Crippen LogP contribution in [0.4, 0.5) is 5.69 Å². The molecule has 0 saturated heterocycles. The average molecular weight is 616 g/mol. The number of aromatic nitrogens is 5. The molecule has 0 unspecified atom stereocenters. The Morgan fingerprint density at radius 1 is 1.11 bits per heavy atom. The minimum absolute atomic E-state index is 0.205. The number of anilines is 1. The van der Waals surface area contributed by atoms with E-state index in [4.69, 9.17) is 27.6 Å². The number of hydrogen-bond donors (Lipinski definition) is 1. The maximum atomic E-state index is 13.5. The predicted molar refractivity (Wildman–Crippen MR) is 149 cm³/mol. The van der Waals surface area contributed by atoms with Crippen LogP contribution < -0.4 is 5.32 Å². The molecule has 0 saturated carbocycles. The summed E-state index contributed by atoms with van der Waals surface area (Å²) in [7, 11) is 0. The maximum absolute atomic E-state index is 13.5. The highest BCUT2D eigenvalue weighted by molar-refractivity contribution is 9.10. The van der Waals surface area contributed by atoms with Crippen LogP contribution in [0.5, 0.6) is 0 Å². The number of nitrogens with one attached hydrogen (secondary N) is 1. The second-order valence-electron chi connectivity index (χ2n) is 7.81. The van der Waals surface area contributed by atoms with E-state index in [9.17, 15) is 4.79 Å². The first-order valence-corrected chi connectivity index (χ1v) is 13.6. The monoisotopic (exact) mass is 614 g/mol. The molecule has 5 aromatic rings. The molecular formula is C25H17BrCl2N6O2S. The van der Waals surface area contributed by atoms with Gasteiger partial charge in [-0.1, -0.05) is 23.2 Å². The molecule has 1 amide bonds. The molecule has 0 aliphatic heterocycles. The molecule has 4 aromatic heterocycles. The Morgan fingerprint density at radius 3 is 2.65 bits per heavy atom. The molecule has 5 rings (SSSR count). The summed E-state index contributed by atoms with van der Waals surface area (Å²) in [6, 6.07) is 10.4. The van der Waals surface area contributed by atoms with Crippen molar-refractivity contribution in [3.8, 4) is 28.7 Å². The molecule has 4 heterocycles. The van der Waals surface area contributed by atoms with Gasteiger partial charge in [0, 0.05) is 39.2 Å². The molecule has 1 aromatic carbocycles. The highest BCUT2D eigenvalue weighted by Crippen LogP contribution is 2.36. The number of amides is 1. The van der Waals surface area contributed by atoms with E-state index in [2.05, 4.69) is 41.4 Å². The normalized spacial score (nSPS) is 11.1. The fourth-order valence-corrected chi connectivity index (χ4v) is 5.22. The zero-order valence-electron chi connectivity index (χ0n) is 19.4. The van der Waals surface area contributed by atoms with Crippen molar-refractivity contribution in [1.82, 2.24) is 24.7 Å². The van der Waals surface area contributed by atoms with Gasteiger partial charge >= 0.3 is 0 Å². The Morgan fingerprint density at radius 2 is 1.89 bits per heavy atom. The molecule has 1 N–H and O–H groups in total. The Hall–Kier alpha value is -3.18. The summed E-state index contributed by atoms with van der Waals surface area (Å²) in [5, 5.41) is 12.3. The molecule has 37 heavy (non-hydrogen) atoms. The van der Waals surface area contributed by atoms with E-state index in [0.29, 0.717) is 48.7 Å². The summed E-state index contributed by atoms with van der Waals surface area (Å²) in [5.74, 6) is 0.549. The summed E-state index contributed by atoms with van der Waals surface area (Å²) in [6.07, 6.45) is 8.66. The molecule has 0 aliphatic rings. The Balaban J connectivity index is 1.54. The number of thioether (sulfide) groups is 1. The van der Waals surface area contributed by atoms with Crippen molar-refractivity contribution in [2.24, 2.45) is 0 Å². The van der Waals surface area contributed by atoms with Gasteiger partial charge in [0.25, 0.3) is 11.8 Å². The number of nitrogens with zero attached hydrogens (tertiary/aromatic N) is 5. The van der Waals surface area contributed by atoms with Gasteiger partial charge in [0.2, 0.25) is 5.89 Å². The standard InChI is InChI=1S/C25H17BrCl2N6O2S/c1-13-8-15(27)10-16(24-32-33-25(36-24)17-11-29-7-5-20(17)37-2)21(13)31-23(35)19-9-14(26)12-34(19)22-18(28)4-3-6-30-22/h3-12H,1-2H3,(H,31,35). The second kappa shape index (κ2) is 10.7. The average Bonchev–Trinajstić information content (AvgIpc) is 3.53. The molecular weight excluding hydrogens is 599 g/mol. The largest absolute Gasteiger partial charge is 0.416 e. The van der Waals surface area contributed by atoms with Crippen LogP contribution in [0.3, 0.4) is 0 Å². The highest BCUT2D eigenvalue weighted by Gasteiger charge is 2.22. The van der Waals surface area contributed by atoms with Crippen LogP contribution in [0.1, 0.15) is 16.1 Å². The second-order valence-corrected chi connectivity index (χ2v) is 10.4. The molecule has 8 nitrogen and oxygen atoms in total. The molecule has 0 bridgehead atoms. The zero-order valence-corrected chi connectivity index (χ0v) is 23.3. The van der Waals surface area contributed by atoms with E-state index in [1.165, 1.54) is 0 Å². The van der Waals surface area contributed by atoms with Gasteiger partial charge in [0.05, 0.1) is 21.8 Å². The van der Waals surface area contributed by atoms with Crippen molar-refractivity contribution < 1.29 is 9.21 Å². The Kier molecular flexibility index (Phi) is 7.34. The quantitative estimate of drug-likeness (QED) is 0.200. The third kappa shape index (κ3) is 5.15. The molecule has 186 valence electrons. The summed E-state index contributed by atoms with van der Waals surface area (Å²) in [4.78, 5) is 23.0. The summed E-state index contributed by atoms with van der Waals surface area (Å²) in [6.45, 7) is 1.83.